The molecule has 2 fully saturated rings. The van der Waals surface area contributed by atoms with Crippen LogP contribution < -0.4 is 26.6 Å². The summed E-state index contributed by atoms with van der Waals surface area (Å²) in [5.41, 5.74) is 0. The topological polar surface area (TPSA) is 320 Å². The molecule has 0 unspecified atom stereocenters. The predicted octanol–water partition coefficient (Wildman–Crippen LogP) is 4.60. The van der Waals surface area contributed by atoms with E-state index in [0.29, 0.717) is 38.4 Å². The molecular weight excluding hydrogens is 1340 g/mol. The van der Waals surface area contributed by atoms with Crippen LogP contribution in [0.25, 0.3) is 0 Å². The Hall–Kier alpha value is -6.13. The highest BCUT2D eigenvalue weighted by Gasteiger charge is 2.47. The van der Waals surface area contributed by atoms with Gasteiger partial charge in [0.1, 0.15) is 66.5 Å². The van der Waals surface area contributed by atoms with Crippen molar-refractivity contribution in [2.75, 3.05) is 100 Å². The molecular formula is C75H137N13O14S. The molecule has 2 heterocycles. The van der Waals surface area contributed by atoms with Crippen molar-refractivity contribution in [3.05, 3.63) is 0 Å². The number of nitrogens with zero attached hydrogens (tertiary/aromatic N) is 8. The van der Waals surface area contributed by atoms with Crippen molar-refractivity contribution in [2.24, 2.45) is 41.4 Å². The number of hydrogen-bond donors (Lipinski definition) is 6. The highest BCUT2D eigenvalue weighted by atomic mass is 32.2. The van der Waals surface area contributed by atoms with Gasteiger partial charge in [0.15, 0.2) is 0 Å². The largest absolute Gasteiger partial charge is 0.390 e. The van der Waals surface area contributed by atoms with Crippen molar-refractivity contribution in [1.82, 2.24) is 65.8 Å². The van der Waals surface area contributed by atoms with Crippen LogP contribution in [0.2, 0.25) is 0 Å². The number of likely N-dealkylation sites (N-methyl/N-ethyl adjacent to an activating group) is 7. The minimum atomic E-state index is -1.65. The van der Waals surface area contributed by atoms with Crippen LogP contribution >= 0.6 is 11.8 Å². The van der Waals surface area contributed by atoms with Crippen LogP contribution in [-0.4, -0.2) is 288 Å². The van der Waals surface area contributed by atoms with Crippen molar-refractivity contribution in [2.45, 2.75) is 267 Å². The van der Waals surface area contributed by atoms with E-state index >= 15 is 33.6 Å². The number of ether oxygens (including phenoxy) is 1. The first-order valence-electron chi connectivity index (χ1n) is 37.9. The molecule has 28 heteroatoms. The van der Waals surface area contributed by atoms with E-state index in [2.05, 4.69) is 31.5 Å². The molecule has 6 N–H and O–H groups in total. The Labute approximate surface area is 622 Å². The number of nitrogens with one attached hydrogen (secondary N) is 5. The van der Waals surface area contributed by atoms with Crippen molar-refractivity contribution in [1.29, 1.82) is 0 Å². The molecule has 0 saturated carbocycles. The number of rotatable bonds is 27. The van der Waals surface area contributed by atoms with Gasteiger partial charge in [-0.3, -0.25) is 62.4 Å². The van der Waals surface area contributed by atoms with Crippen LogP contribution in [-0.2, 0) is 62.3 Å². The highest BCUT2D eigenvalue weighted by molar-refractivity contribution is 7.99. The van der Waals surface area contributed by atoms with Crippen molar-refractivity contribution in [3.8, 4) is 0 Å². The monoisotopic (exact) mass is 1480 g/mol. The molecule has 0 aromatic heterocycles. The molecule has 12 amide bonds. The molecule has 2 aliphatic heterocycles. The summed E-state index contributed by atoms with van der Waals surface area (Å²) in [6, 6.07) is -13.9. The van der Waals surface area contributed by atoms with Gasteiger partial charge in [-0.05, 0) is 119 Å². The first kappa shape index (κ1) is 93.0. The summed E-state index contributed by atoms with van der Waals surface area (Å²) >= 11 is 1.45. The fourth-order valence-corrected chi connectivity index (χ4v) is 14.6. The van der Waals surface area contributed by atoms with E-state index in [-0.39, 0.29) is 67.4 Å². The van der Waals surface area contributed by atoms with E-state index in [1.54, 1.807) is 41.5 Å². The molecule has 2 aliphatic rings. The molecule has 0 bridgehead atoms. The Morgan fingerprint density at radius 3 is 1.43 bits per heavy atom. The highest BCUT2D eigenvalue weighted by Crippen LogP contribution is 2.27. The predicted molar refractivity (Wildman–Crippen MR) is 404 cm³/mol. The van der Waals surface area contributed by atoms with Gasteiger partial charge in [-0.25, -0.2) is 0 Å². The van der Waals surface area contributed by atoms with E-state index in [0.717, 1.165) is 56.6 Å². The SMILES string of the molecule is CC[C@H]1NC(=O)[C@H]([C@H](O)[C@H](C)CCCCCCCNC(C)=O)N(C)C(=O)[C@@H](C(C)C)N(C)C(=O)[C@@H](CC(C)C)N(C)C(=O)[C@H](CC(C)C)N(C)C(=O)[C@H](C)NC(=O)[C@@H](C)NC(=O)[C@@H](CC(C)C)N(C)C(=O)[C@@H](C(C)C)NC(=O)[C@H](CC(C)C)N(C)C(=O)[C@@H](CSCCCN2CCOCC2)N(C)C1=O. The molecule has 592 valence electrons. The number of unbranched alkanes of at least 4 members (excludes halogenated alkanes) is 4. The number of amides is 12. The van der Waals surface area contributed by atoms with E-state index in [1.807, 2.05) is 55.4 Å². The van der Waals surface area contributed by atoms with Crippen molar-refractivity contribution in [3.63, 3.8) is 0 Å². The lowest BCUT2D eigenvalue weighted by atomic mass is 9.90. The number of morpholine rings is 1. The summed E-state index contributed by atoms with van der Waals surface area (Å²) < 4.78 is 5.56. The molecule has 0 spiro atoms. The zero-order valence-corrected chi connectivity index (χ0v) is 68.2. The van der Waals surface area contributed by atoms with Gasteiger partial charge in [-0.2, -0.15) is 11.8 Å². The van der Waals surface area contributed by atoms with Gasteiger partial charge >= 0.3 is 0 Å². The van der Waals surface area contributed by atoms with Gasteiger partial charge in [0.2, 0.25) is 70.9 Å². The van der Waals surface area contributed by atoms with E-state index in [9.17, 15) is 29.1 Å². The third-order valence-electron chi connectivity index (χ3n) is 20.0. The number of aliphatic hydroxyl groups is 1. The maximum atomic E-state index is 15.6. The van der Waals surface area contributed by atoms with Crippen LogP contribution in [0.4, 0.5) is 0 Å². The number of aliphatic hydroxyl groups excluding tert-OH is 1. The normalized spacial score (nSPS) is 26.0. The second-order valence-electron chi connectivity index (χ2n) is 31.4. The molecule has 27 nitrogen and oxygen atoms in total. The quantitative estimate of drug-likeness (QED) is 0.0612. The van der Waals surface area contributed by atoms with Gasteiger partial charge in [0.25, 0.3) is 0 Å². The van der Waals surface area contributed by atoms with Crippen LogP contribution in [0.1, 0.15) is 195 Å². The number of thioether (sulfide) groups is 1. The van der Waals surface area contributed by atoms with Gasteiger partial charge in [-0.1, -0.05) is 123 Å². The van der Waals surface area contributed by atoms with Gasteiger partial charge < -0.3 is 70.7 Å². The minimum Gasteiger partial charge on any atom is -0.390 e. The van der Waals surface area contributed by atoms with Crippen LogP contribution in [0, 0.1) is 41.4 Å². The summed E-state index contributed by atoms with van der Waals surface area (Å²) in [6.45, 7) is 34.0. The van der Waals surface area contributed by atoms with Gasteiger partial charge in [0, 0.05) is 81.6 Å². The smallest absolute Gasteiger partial charge is 0.246 e. The van der Waals surface area contributed by atoms with Gasteiger partial charge in [0.05, 0.1) is 19.3 Å². The molecule has 0 aromatic carbocycles. The number of carbonyl (C=O) groups excluding carboxylic acids is 12. The zero-order valence-electron chi connectivity index (χ0n) is 67.4. The fraction of sp³-hybridized carbons (Fsp3) is 0.840. The summed E-state index contributed by atoms with van der Waals surface area (Å²) in [4.78, 5) is 188. The average molecular weight is 1480 g/mol. The molecule has 0 aliphatic carbocycles. The zero-order chi connectivity index (χ0) is 78.6. The Morgan fingerprint density at radius 1 is 0.485 bits per heavy atom. The Bertz CT molecular complexity index is 2750. The minimum absolute atomic E-state index is 0.00215. The lowest BCUT2D eigenvalue weighted by Gasteiger charge is -2.41. The first-order valence-corrected chi connectivity index (χ1v) is 39.1. The molecule has 103 heavy (non-hydrogen) atoms. The lowest BCUT2D eigenvalue weighted by molar-refractivity contribution is -0.157. The Kier molecular flexibility index (Phi) is 41.0. The molecule has 2 saturated heterocycles. The maximum Gasteiger partial charge on any atom is 0.246 e. The van der Waals surface area contributed by atoms with E-state index in [1.165, 1.54) is 111 Å². The third kappa shape index (κ3) is 28.9. The number of carbonyl (C=O) groups is 12. The summed E-state index contributed by atoms with van der Waals surface area (Å²) in [7, 11) is 10.2. The molecule has 0 radical (unpaired) electrons. The fourth-order valence-electron chi connectivity index (χ4n) is 13.5. The molecule has 13 atom stereocenters. The second-order valence-corrected chi connectivity index (χ2v) is 32.6. The Morgan fingerprint density at radius 2 is 0.922 bits per heavy atom. The summed E-state index contributed by atoms with van der Waals surface area (Å²) in [5, 5.41) is 26.7. The van der Waals surface area contributed by atoms with Crippen molar-refractivity contribution < 1.29 is 67.4 Å². The van der Waals surface area contributed by atoms with E-state index < -0.39 is 155 Å². The maximum absolute atomic E-state index is 15.6. The standard InChI is InChI=1S/C75H137N13O14S/c1-25-55-70(96)85(22)60(44-103-39-31-34-88-35-37-102-38-36-88)73(99)81(18)57(41-46(4)5)67(93)80-61(49(10)11)74(100)82(19)56(40-45(2)3)66(92)77-52(15)65(91)78-53(16)69(95)83(20)58(42-47(6)7)71(97)84(21)59(43-48(8)9)72(98)86(23)62(50(12)13)75(101)87(24)63(68(94)79-55)64(90)51(14)32-29-27-26-28-30-33-76-54(17)89/h45-53,55-64,90H,25-44H2,1-24H3,(H,76,89)(H,77,92)(H,78,91)(H,79,94)(H,80,93)/t51-,52-,53+,55-,56-,57+,58+,59-,60-,61-,62-,63+,64-/m1/s1. The molecule has 0 aromatic rings. The molecule has 2 rings (SSSR count). The summed E-state index contributed by atoms with van der Waals surface area (Å²) in [6.07, 6.45) is 4.13. The lowest BCUT2D eigenvalue weighted by Crippen LogP contribution is -2.64. The van der Waals surface area contributed by atoms with E-state index in [4.69, 9.17) is 4.74 Å². The van der Waals surface area contributed by atoms with Crippen LogP contribution in [0.3, 0.4) is 0 Å². The average Bonchev–Trinajstić information content (AvgIpc) is 0.813. The first-order chi connectivity index (χ1) is 48.0. The van der Waals surface area contributed by atoms with Crippen LogP contribution in [0.15, 0.2) is 0 Å². The Balaban J connectivity index is 3.09. The number of hydrogen-bond acceptors (Lipinski definition) is 16. The van der Waals surface area contributed by atoms with Crippen LogP contribution in [0.5, 0.6) is 0 Å². The van der Waals surface area contributed by atoms with Gasteiger partial charge in [-0.15, -0.1) is 0 Å². The summed E-state index contributed by atoms with van der Waals surface area (Å²) in [5.74, 6) is -9.25. The third-order valence-corrected chi connectivity index (χ3v) is 21.1. The van der Waals surface area contributed by atoms with Crippen molar-refractivity contribution >= 4 is 82.6 Å². The second kappa shape index (κ2) is 45.4.